The quantitative estimate of drug-likeness (QED) is 0.353. The molecule has 4 aromatic rings. The topological polar surface area (TPSA) is 115 Å². The Morgan fingerprint density at radius 1 is 1.31 bits per heavy atom. The number of thioether (sulfide) groups is 1. The van der Waals surface area contributed by atoms with Gasteiger partial charge in [-0.05, 0) is 36.4 Å². The van der Waals surface area contributed by atoms with Gasteiger partial charge in [-0.15, -0.1) is 0 Å². The first-order chi connectivity index (χ1) is 14.1. The van der Waals surface area contributed by atoms with E-state index >= 15 is 0 Å². The van der Waals surface area contributed by atoms with Crippen LogP contribution in [0.25, 0.3) is 16.7 Å². The Hall–Kier alpha value is -3.53. The number of aromatic nitrogens is 4. The van der Waals surface area contributed by atoms with Gasteiger partial charge in [-0.3, -0.25) is 9.59 Å². The van der Waals surface area contributed by atoms with Crippen molar-refractivity contribution in [1.82, 2.24) is 25.1 Å². The number of methoxy groups -OCH3 is 1. The Morgan fingerprint density at radius 2 is 2.14 bits per heavy atom. The summed E-state index contributed by atoms with van der Waals surface area (Å²) in [5, 5.41) is 7.72. The van der Waals surface area contributed by atoms with E-state index in [1.54, 1.807) is 42.3 Å². The van der Waals surface area contributed by atoms with E-state index in [1.807, 2.05) is 12.1 Å². The molecule has 1 amide bonds. The molecule has 3 heterocycles. The van der Waals surface area contributed by atoms with Crippen molar-refractivity contribution < 1.29 is 13.9 Å². The highest BCUT2D eigenvalue weighted by Gasteiger charge is 2.13. The van der Waals surface area contributed by atoms with E-state index in [-0.39, 0.29) is 17.2 Å². The number of nitrogens with one attached hydrogen (secondary N) is 2. The smallest absolute Gasteiger partial charge is 0.262 e. The molecule has 148 valence electrons. The molecule has 10 heteroatoms. The van der Waals surface area contributed by atoms with Crippen molar-refractivity contribution in [2.75, 3.05) is 12.9 Å². The van der Waals surface area contributed by atoms with Crippen LogP contribution in [0.4, 0.5) is 0 Å². The zero-order chi connectivity index (χ0) is 20.2. The molecule has 0 bridgehead atoms. The lowest BCUT2D eigenvalue weighted by Crippen LogP contribution is -2.24. The third kappa shape index (κ3) is 4.16. The number of H-pyrrole nitrogens is 1. The van der Waals surface area contributed by atoms with Crippen LogP contribution < -0.4 is 15.6 Å². The van der Waals surface area contributed by atoms with Gasteiger partial charge in [-0.2, -0.15) is 5.10 Å². The van der Waals surface area contributed by atoms with Crippen LogP contribution in [-0.2, 0) is 11.3 Å². The average Bonchev–Trinajstić information content (AvgIpc) is 3.41. The summed E-state index contributed by atoms with van der Waals surface area (Å²) in [5.41, 5.74) is 0.844. The fraction of sp³-hybridized carbons (Fsp3) is 0.158. The van der Waals surface area contributed by atoms with Crippen LogP contribution in [0.2, 0.25) is 0 Å². The zero-order valence-electron chi connectivity index (χ0n) is 15.4. The Kier molecular flexibility index (Phi) is 5.34. The number of furan rings is 1. The molecule has 29 heavy (non-hydrogen) atoms. The van der Waals surface area contributed by atoms with Gasteiger partial charge in [0.2, 0.25) is 5.91 Å². The van der Waals surface area contributed by atoms with Gasteiger partial charge in [-0.1, -0.05) is 11.8 Å². The van der Waals surface area contributed by atoms with Crippen LogP contribution in [0, 0.1) is 0 Å². The maximum atomic E-state index is 12.4. The number of benzene rings is 1. The van der Waals surface area contributed by atoms with Crippen LogP contribution in [-0.4, -0.2) is 38.5 Å². The highest BCUT2D eigenvalue weighted by atomic mass is 32.2. The Morgan fingerprint density at radius 3 is 2.86 bits per heavy atom. The maximum absolute atomic E-state index is 12.4. The molecule has 4 rings (SSSR count). The van der Waals surface area contributed by atoms with Gasteiger partial charge in [0.05, 0.1) is 37.6 Å². The average molecular weight is 411 g/mol. The molecular formula is C19H17N5O4S. The number of carbonyl (C=O) groups is 1. The largest absolute Gasteiger partial charge is 0.497 e. The third-order valence-corrected chi connectivity index (χ3v) is 4.99. The molecule has 0 aliphatic heterocycles. The normalized spacial score (nSPS) is 10.9. The number of rotatable bonds is 7. The summed E-state index contributed by atoms with van der Waals surface area (Å²) < 4.78 is 11.9. The summed E-state index contributed by atoms with van der Waals surface area (Å²) in [7, 11) is 1.59. The van der Waals surface area contributed by atoms with E-state index in [0.717, 1.165) is 17.4 Å². The highest BCUT2D eigenvalue weighted by Crippen LogP contribution is 2.19. The third-order valence-electron chi connectivity index (χ3n) is 4.11. The lowest BCUT2D eigenvalue weighted by Gasteiger charge is -2.06. The predicted molar refractivity (Wildman–Crippen MR) is 107 cm³/mol. The van der Waals surface area contributed by atoms with Gasteiger partial charge < -0.3 is 19.5 Å². The van der Waals surface area contributed by atoms with Gasteiger partial charge in [0, 0.05) is 0 Å². The molecule has 3 aromatic heterocycles. The lowest BCUT2D eigenvalue weighted by molar-refractivity contribution is -0.118. The highest BCUT2D eigenvalue weighted by molar-refractivity contribution is 7.99. The molecular weight excluding hydrogens is 394 g/mol. The first kappa shape index (κ1) is 18.8. The minimum atomic E-state index is -0.312. The second-order valence-electron chi connectivity index (χ2n) is 6.01. The number of ether oxygens (including phenoxy) is 1. The number of nitrogens with zero attached hydrogens (tertiary/aromatic N) is 3. The maximum Gasteiger partial charge on any atom is 0.262 e. The summed E-state index contributed by atoms with van der Waals surface area (Å²) in [6, 6.07) is 10.8. The number of fused-ring (bicyclic) bond motifs is 1. The molecule has 0 aliphatic rings. The fourth-order valence-corrected chi connectivity index (χ4v) is 3.35. The van der Waals surface area contributed by atoms with Crippen molar-refractivity contribution in [1.29, 1.82) is 0 Å². The van der Waals surface area contributed by atoms with Crippen molar-refractivity contribution in [2.24, 2.45) is 0 Å². The van der Waals surface area contributed by atoms with Crippen molar-refractivity contribution in [3.05, 3.63) is 65.0 Å². The lowest BCUT2D eigenvalue weighted by atomic mass is 10.3. The van der Waals surface area contributed by atoms with E-state index < -0.39 is 0 Å². The van der Waals surface area contributed by atoms with Crippen molar-refractivity contribution in [3.8, 4) is 11.4 Å². The second-order valence-corrected chi connectivity index (χ2v) is 6.97. The minimum Gasteiger partial charge on any atom is -0.497 e. The van der Waals surface area contributed by atoms with E-state index in [0.29, 0.717) is 34.2 Å². The van der Waals surface area contributed by atoms with Crippen molar-refractivity contribution in [2.45, 2.75) is 11.7 Å². The summed E-state index contributed by atoms with van der Waals surface area (Å²) in [6.45, 7) is 0.305. The van der Waals surface area contributed by atoms with Gasteiger partial charge >= 0.3 is 0 Å². The minimum absolute atomic E-state index is 0.103. The predicted octanol–water partition coefficient (Wildman–Crippen LogP) is 2.12. The molecule has 0 fully saturated rings. The molecule has 0 unspecified atom stereocenters. The molecule has 0 saturated carbocycles. The van der Waals surface area contributed by atoms with Gasteiger partial charge in [0.15, 0.2) is 10.8 Å². The van der Waals surface area contributed by atoms with Crippen molar-refractivity contribution >= 4 is 28.7 Å². The molecule has 9 nitrogen and oxygen atoms in total. The Bertz CT molecular complexity index is 1180. The van der Waals surface area contributed by atoms with E-state index in [4.69, 9.17) is 9.15 Å². The van der Waals surface area contributed by atoms with Gasteiger partial charge in [0.1, 0.15) is 16.9 Å². The zero-order valence-corrected chi connectivity index (χ0v) is 16.2. The second kappa shape index (κ2) is 8.23. The van der Waals surface area contributed by atoms with Crippen LogP contribution in [0.1, 0.15) is 5.76 Å². The van der Waals surface area contributed by atoms with E-state index in [9.17, 15) is 9.59 Å². The van der Waals surface area contributed by atoms with Gasteiger partial charge in [0.25, 0.3) is 5.56 Å². The molecule has 0 saturated heterocycles. The van der Waals surface area contributed by atoms with Crippen molar-refractivity contribution in [3.63, 3.8) is 0 Å². The first-order valence-corrected chi connectivity index (χ1v) is 9.67. The first-order valence-electron chi connectivity index (χ1n) is 8.68. The summed E-state index contributed by atoms with van der Waals surface area (Å²) >= 11 is 1.14. The van der Waals surface area contributed by atoms with E-state index in [1.165, 1.54) is 6.20 Å². The standard InChI is InChI=1S/C19H17N5O4S/c1-27-13-6-4-12(5-7-13)24-17-15(10-21-24)18(26)23-19(22-17)29-11-16(25)20-9-14-3-2-8-28-14/h2-8,10H,9,11H2,1H3,(H,20,25)(H,22,23,26). The number of aromatic amines is 1. The molecule has 0 atom stereocenters. The Labute approximate surface area is 169 Å². The SMILES string of the molecule is COc1ccc(-n2ncc3c(=O)[nH]c(SCC(=O)NCc4ccco4)nc32)cc1. The monoisotopic (exact) mass is 411 g/mol. The summed E-state index contributed by atoms with van der Waals surface area (Å²) in [6.07, 6.45) is 3.02. The Balaban J connectivity index is 1.51. The number of amides is 1. The number of carbonyl (C=O) groups excluding carboxylic acids is 1. The van der Waals surface area contributed by atoms with E-state index in [2.05, 4.69) is 20.4 Å². The number of hydrogen-bond donors (Lipinski definition) is 2. The van der Waals surface area contributed by atoms with Gasteiger partial charge in [-0.25, -0.2) is 9.67 Å². The van der Waals surface area contributed by atoms with Crippen LogP contribution in [0.15, 0.2) is 63.2 Å². The van der Waals surface area contributed by atoms with Crippen LogP contribution in [0.5, 0.6) is 5.75 Å². The molecule has 0 radical (unpaired) electrons. The summed E-state index contributed by atoms with van der Waals surface area (Å²) in [5.74, 6) is 1.29. The fourth-order valence-electron chi connectivity index (χ4n) is 2.66. The van der Waals surface area contributed by atoms with Crippen LogP contribution >= 0.6 is 11.8 Å². The number of hydrogen-bond acceptors (Lipinski definition) is 7. The molecule has 2 N–H and O–H groups in total. The molecule has 1 aromatic carbocycles. The summed E-state index contributed by atoms with van der Waals surface area (Å²) in [4.78, 5) is 31.6. The molecule has 0 aliphatic carbocycles. The van der Waals surface area contributed by atoms with Crippen LogP contribution in [0.3, 0.4) is 0 Å². The molecule has 0 spiro atoms.